The van der Waals surface area contributed by atoms with Crippen LogP contribution < -0.4 is 11.1 Å². The van der Waals surface area contributed by atoms with E-state index in [2.05, 4.69) is 5.32 Å². The summed E-state index contributed by atoms with van der Waals surface area (Å²) in [5, 5.41) is 2.68. The zero-order valence-corrected chi connectivity index (χ0v) is 12.1. The van der Waals surface area contributed by atoms with Crippen molar-refractivity contribution in [3.63, 3.8) is 0 Å². The van der Waals surface area contributed by atoms with Crippen molar-refractivity contribution in [2.75, 3.05) is 0 Å². The van der Waals surface area contributed by atoms with Crippen LogP contribution >= 0.6 is 0 Å². The van der Waals surface area contributed by atoms with E-state index in [-0.39, 0.29) is 30.2 Å². The molecule has 2 rings (SSSR count). The molecule has 1 aliphatic heterocycles. The molecule has 0 unspecified atom stereocenters. The van der Waals surface area contributed by atoms with Crippen LogP contribution in [0.5, 0.6) is 0 Å². The van der Waals surface area contributed by atoms with Gasteiger partial charge in [-0.3, -0.25) is 19.3 Å². The number of likely N-dealkylation sites (tertiary alicyclic amines) is 1. The summed E-state index contributed by atoms with van der Waals surface area (Å²) in [7, 11) is 0. The highest BCUT2D eigenvalue weighted by atomic mass is 16.2. The van der Waals surface area contributed by atoms with Crippen LogP contribution in [-0.2, 0) is 14.4 Å². The van der Waals surface area contributed by atoms with Gasteiger partial charge in [0.05, 0.1) is 12.0 Å². The molecule has 1 atom stereocenters. The van der Waals surface area contributed by atoms with Crippen LogP contribution in [0.15, 0.2) is 0 Å². The molecular weight excluding hydrogens is 258 g/mol. The van der Waals surface area contributed by atoms with Crippen LogP contribution in [0.3, 0.4) is 0 Å². The Kier molecular flexibility index (Phi) is 4.13. The monoisotopic (exact) mass is 281 g/mol. The van der Waals surface area contributed by atoms with Crippen LogP contribution in [0.2, 0.25) is 0 Å². The van der Waals surface area contributed by atoms with Gasteiger partial charge >= 0.3 is 0 Å². The summed E-state index contributed by atoms with van der Waals surface area (Å²) < 4.78 is 0. The highest BCUT2D eigenvalue weighted by Crippen LogP contribution is 2.26. The molecular formula is C14H23N3O3. The number of hydrogen-bond donors (Lipinski definition) is 2. The van der Waals surface area contributed by atoms with E-state index in [9.17, 15) is 14.4 Å². The first-order valence-electron chi connectivity index (χ1n) is 7.31. The predicted molar refractivity (Wildman–Crippen MR) is 73.5 cm³/mol. The Morgan fingerprint density at radius 2 is 1.90 bits per heavy atom. The lowest BCUT2D eigenvalue weighted by Gasteiger charge is -2.32. The van der Waals surface area contributed by atoms with E-state index >= 15 is 0 Å². The highest BCUT2D eigenvalue weighted by molar-refractivity contribution is 6.07. The number of carbonyl (C=O) groups is 3. The van der Waals surface area contributed by atoms with Gasteiger partial charge in [0.15, 0.2) is 0 Å². The molecule has 1 saturated heterocycles. The summed E-state index contributed by atoms with van der Waals surface area (Å²) >= 11 is 0. The topological polar surface area (TPSA) is 92.5 Å². The summed E-state index contributed by atoms with van der Waals surface area (Å²) in [6.45, 7) is 3.57. The second kappa shape index (κ2) is 5.52. The lowest BCUT2D eigenvalue weighted by atomic mass is 9.81. The van der Waals surface area contributed by atoms with Gasteiger partial charge in [-0.2, -0.15) is 0 Å². The molecule has 1 heterocycles. The first kappa shape index (κ1) is 15.0. The molecule has 2 fully saturated rings. The smallest absolute Gasteiger partial charge is 0.252 e. The molecule has 20 heavy (non-hydrogen) atoms. The SMILES string of the molecule is CC(C)N1C(=O)C[C@H](NC(=O)C2(N)CCCCC2)C1=O. The fraction of sp³-hybridized carbons (Fsp3) is 0.786. The Bertz CT molecular complexity index is 427. The molecule has 6 nitrogen and oxygen atoms in total. The van der Waals surface area contributed by atoms with Crippen molar-refractivity contribution in [1.82, 2.24) is 10.2 Å². The molecule has 112 valence electrons. The molecule has 1 saturated carbocycles. The van der Waals surface area contributed by atoms with Gasteiger partial charge in [0.2, 0.25) is 11.8 Å². The zero-order valence-electron chi connectivity index (χ0n) is 12.1. The molecule has 3 amide bonds. The summed E-state index contributed by atoms with van der Waals surface area (Å²) in [6.07, 6.45) is 4.27. The van der Waals surface area contributed by atoms with Crippen molar-refractivity contribution in [3.05, 3.63) is 0 Å². The molecule has 6 heteroatoms. The summed E-state index contributed by atoms with van der Waals surface area (Å²) in [4.78, 5) is 37.4. The fourth-order valence-corrected chi connectivity index (χ4v) is 3.02. The average Bonchev–Trinajstić information content (AvgIpc) is 2.65. The van der Waals surface area contributed by atoms with Gasteiger partial charge in [0.25, 0.3) is 5.91 Å². The minimum Gasteiger partial charge on any atom is -0.342 e. The van der Waals surface area contributed by atoms with Gasteiger partial charge in [-0.05, 0) is 26.7 Å². The van der Waals surface area contributed by atoms with Gasteiger partial charge in [-0.25, -0.2) is 0 Å². The maximum atomic E-state index is 12.3. The molecule has 0 aromatic heterocycles. The van der Waals surface area contributed by atoms with Crippen molar-refractivity contribution in [2.24, 2.45) is 5.73 Å². The van der Waals surface area contributed by atoms with E-state index < -0.39 is 11.6 Å². The summed E-state index contributed by atoms with van der Waals surface area (Å²) in [6, 6.07) is -0.932. The molecule has 3 N–H and O–H groups in total. The van der Waals surface area contributed by atoms with E-state index in [0.717, 1.165) is 19.3 Å². The molecule has 2 aliphatic rings. The Hall–Kier alpha value is -1.43. The van der Waals surface area contributed by atoms with Gasteiger partial charge in [0, 0.05) is 6.04 Å². The zero-order chi connectivity index (χ0) is 14.9. The van der Waals surface area contributed by atoms with Crippen LogP contribution in [0, 0.1) is 0 Å². The minimum absolute atomic E-state index is 0.0405. The Morgan fingerprint density at radius 1 is 1.30 bits per heavy atom. The number of nitrogens with two attached hydrogens (primary N) is 1. The van der Waals surface area contributed by atoms with Gasteiger partial charge < -0.3 is 11.1 Å². The fourth-order valence-electron chi connectivity index (χ4n) is 3.02. The third-order valence-electron chi connectivity index (χ3n) is 4.20. The predicted octanol–water partition coefficient (Wildman–Crippen LogP) is 0.300. The van der Waals surface area contributed by atoms with Crippen molar-refractivity contribution >= 4 is 17.7 Å². The van der Waals surface area contributed by atoms with Crippen molar-refractivity contribution in [1.29, 1.82) is 0 Å². The van der Waals surface area contributed by atoms with E-state index in [0.29, 0.717) is 12.8 Å². The minimum atomic E-state index is -0.882. The van der Waals surface area contributed by atoms with Gasteiger partial charge in [0.1, 0.15) is 6.04 Å². The van der Waals surface area contributed by atoms with Crippen molar-refractivity contribution < 1.29 is 14.4 Å². The number of hydrogen-bond acceptors (Lipinski definition) is 4. The molecule has 1 aliphatic carbocycles. The standard InChI is InChI=1S/C14H23N3O3/c1-9(2)17-11(18)8-10(12(17)19)16-13(20)14(15)6-4-3-5-7-14/h9-10H,3-8,15H2,1-2H3,(H,16,20)/t10-/m0/s1. The Labute approximate surface area is 119 Å². The van der Waals surface area contributed by atoms with E-state index in [1.807, 2.05) is 0 Å². The van der Waals surface area contributed by atoms with Crippen molar-refractivity contribution in [2.45, 2.75) is 70.0 Å². The number of amides is 3. The Morgan fingerprint density at radius 3 is 2.40 bits per heavy atom. The lowest BCUT2D eigenvalue weighted by molar-refractivity contribution is -0.142. The molecule has 0 radical (unpaired) electrons. The number of nitrogens with one attached hydrogen (secondary N) is 1. The number of imide groups is 1. The largest absolute Gasteiger partial charge is 0.342 e. The number of nitrogens with zero attached hydrogens (tertiary/aromatic N) is 1. The second-order valence-corrected chi connectivity index (χ2v) is 6.14. The average molecular weight is 281 g/mol. The van der Waals surface area contributed by atoms with Gasteiger partial charge in [-0.15, -0.1) is 0 Å². The summed E-state index contributed by atoms with van der Waals surface area (Å²) in [5.74, 6) is -0.850. The van der Waals surface area contributed by atoms with E-state index in [1.54, 1.807) is 13.8 Å². The molecule has 0 aromatic carbocycles. The second-order valence-electron chi connectivity index (χ2n) is 6.14. The van der Waals surface area contributed by atoms with E-state index in [1.165, 1.54) is 4.90 Å². The molecule has 0 spiro atoms. The number of carbonyl (C=O) groups excluding carboxylic acids is 3. The van der Waals surface area contributed by atoms with Crippen LogP contribution in [0.25, 0.3) is 0 Å². The molecule has 0 aromatic rings. The third kappa shape index (κ3) is 2.70. The van der Waals surface area contributed by atoms with Crippen molar-refractivity contribution in [3.8, 4) is 0 Å². The quantitative estimate of drug-likeness (QED) is 0.728. The first-order valence-corrected chi connectivity index (χ1v) is 7.31. The normalized spacial score (nSPS) is 26.2. The number of rotatable bonds is 3. The van der Waals surface area contributed by atoms with Crippen LogP contribution in [-0.4, -0.2) is 40.2 Å². The van der Waals surface area contributed by atoms with E-state index in [4.69, 9.17) is 5.73 Å². The first-order chi connectivity index (χ1) is 9.35. The lowest BCUT2D eigenvalue weighted by Crippen LogP contribution is -2.58. The molecule has 0 bridgehead atoms. The Balaban J connectivity index is 2.02. The van der Waals surface area contributed by atoms with Crippen LogP contribution in [0.4, 0.5) is 0 Å². The summed E-state index contributed by atoms with van der Waals surface area (Å²) in [5.41, 5.74) is 5.25. The maximum Gasteiger partial charge on any atom is 0.252 e. The van der Waals surface area contributed by atoms with Gasteiger partial charge in [-0.1, -0.05) is 19.3 Å². The van der Waals surface area contributed by atoms with Crippen LogP contribution in [0.1, 0.15) is 52.4 Å². The third-order valence-corrected chi connectivity index (χ3v) is 4.20. The maximum absolute atomic E-state index is 12.3. The highest BCUT2D eigenvalue weighted by Gasteiger charge is 2.43.